The summed E-state index contributed by atoms with van der Waals surface area (Å²) in [5.74, 6) is -3.22. The number of carbonyl (C=O) groups excluding carboxylic acids is 1. The summed E-state index contributed by atoms with van der Waals surface area (Å²) < 4.78 is 95.2. The lowest BCUT2D eigenvalue weighted by atomic mass is 10.0. The third kappa shape index (κ3) is 6.25. The Morgan fingerprint density at radius 3 is 2.38 bits per heavy atom. The molecule has 196 valence electrons. The highest BCUT2D eigenvalue weighted by Crippen LogP contribution is 2.30. The van der Waals surface area contributed by atoms with Crippen molar-refractivity contribution >= 4 is 15.9 Å². The van der Waals surface area contributed by atoms with Gasteiger partial charge in [-0.05, 0) is 72.0 Å². The largest absolute Gasteiger partial charge is 0.573 e. The van der Waals surface area contributed by atoms with Crippen molar-refractivity contribution < 1.29 is 39.9 Å². The first-order valence-electron chi connectivity index (χ1n) is 11.1. The summed E-state index contributed by atoms with van der Waals surface area (Å²) >= 11 is 0. The van der Waals surface area contributed by atoms with E-state index < -0.39 is 45.7 Å². The van der Waals surface area contributed by atoms with E-state index in [0.29, 0.717) is 29.5 Å². The van der Waals surface area contributed by atoms with E-state index >= 15 is 0 Å². The highest BCUT2D eigenvalue weighted by Gasteiger charge is 2.39. The van der Waals surface area contributed by atoms with Crippen molar-refractivity contribution in [2.75, 3.05) is 6.54 Å². The van der Waals surface area contributed by atoms with E-state index in [1.54, 1.807) is 24.3 Å². The molecule has 12 heteroatoms. The van der Waals surface area contributed by atoms with Gasteiger partial charge in [0, 0.05) is 13.1 Å². The van der Waals surface area contributed by atoms with Crippen LogP contribution in [-0.2, 0) is 21.4 Å². The monoisotopic (exact) mass is 540 g/mol. The summed E-state index contributed by atoms with van der Waals surface area (Å²) in [6, 6.07) is 13.1. The van der Waals surface area contributed by atoms with E-state index in [0.717, 1.165) is 40.7 Å². The average molecular weight is 541 g/mol. The van der Waals surface area contributed by atoms with Crippen LogP contribution >= 0.6 is 0 Å². The topological polar surface area (TPSA) is 75.7 Å². The standard InChI is InChI=1S/C25H21F5N2O4S/c26-19-7-9-20(10-8-19)37(34,35)32-12-2-5-22(32)24(33)31-15-16-3-1-4-17(13-16)18-6-11-23(21(27)14-18)36-25(28,29)30/h1,3-4,6-11,13-14,22H,2,5,12,15H2,(H,31,33). The minimum absolute atomic E-state index is 0.0331. The minimum atomic E-state index is -5.02. The fourth-order valence-electron chi connectivity index (χ4n) is 4.09. The third-order valence-electron chi connectivity index (χ3n) is 5.81. The fraction of sp³-hybridized carbons (Fsp3) is 0.240. The fourth-order valence-corrected chi connectivity index (χ4v) is 5.74. The zero-order chi connectivity index (χ0) is 26.8. The van der Waals surface area contributed by atoms with Crippen molar-refractivity contribution in [1.82, 2.24) is 9.62 Å². The molecule has 1 amide bonds. The van der Waals surface area contributed by atoms with Gasteiger partial charge in [0.05, 0.1) is 4.90 Å². The van der Waals surface area contributed by atoms with E-state index in [-0.39, 0.29) is 18.0 Å². The van der Waals surface area contributed by atoms with Gasteiger partial charge in [-0.25, -0.2) is 17.2 Å². The molecule has 4 rings (SSSR count). The highest BCUT2D eigenvalue weighted by molar-refractivity contribution is 7.89. The molecule has 0 saturated carbocycles. The van der Waals surface area contributed by atoms with Gasteiger partial charge in [0.15, 0.2) is 11.6 Å². The Bertz CT molecular complexity index is 1390. The summed E-state index contributed by atoms with van der Waals surface area (Å²) in [5, 5.41) is 2.70. The Morgan fingerprint density at radius 2 is 1.70 bits per heavy atom. The van der Waals surface area contributed by atoms with Crippen LogP contribution < -0.4 is 10.1 Å². The van der Waals surface area contributed by atoms with Crippen molar-refractivity contribution in [2.45, 2.75) is 36.7 Å². The van der Waals surface area contributed by atoms with Crippen molar-refractivity contribution in [3.05, 3.63) is 83.9 Å². The number of halogens is 5. The molecule has 1 N–H and O–H groups in total. The summed E-state index contributed by atoms with van der Waals surface area (Å²) in [7, 11) is -4.00. The molecule has 6 nitrogen and oxygen atoms in total. The first-order valence-corrected chi connectivity index (χ1v) is 12.6. The van der Waals surface area contributed by atoms with Crippen molar-refractivity contribution in [1.29, 1.82) is 0 Å². The van der Waals surface area contributed by atoms with Crippen molar-refractivity contribution in [2.24, 2.45) is 0 Å². The maximum atomic E-state index is 14.1. The van der Waals surface area contributed by atoms with Crippen LogP contribution in [0.5, 0.6) is 5.75 Å². The molecule has 0 bridgehead atoms. The Labute approximate surface area is 209 Å². The molecule has 3 aromatic rings. The van der Waals surface area contributed by atoms with E-state index in [2.05, 4.69) is 10.1 Å². The van der Waals surface area contributed by atoms with Crippen LogP contribution in [-0.4, -0.2) is 37.6 Å². The third-order valence-corrected chi connectivity index (χ3v) is 7.73. The molecule has 37 heavy (non-hydrogen) atoms. The van der Waals surface area contributed by atoms with Gasteiger partial charge >= 0.3 is 6.36 Å². The van der Waals surface area contributed by atoms with Crippen molar-refractivity contribution in [3.63, 3.8) is 0 Å². The number of alkyl halides is 3. The quantitative estimate of drug-likeness (QED) is 0.428. The second-order valence-electron chi connectivity index (χ2n) is 8.34. The number of amides is 1. The van der Waals surface area contributed by atoms with Crippen LogP contribution in [0.25, 0.3) is 11.1 Å². The number of sulfonamides is 1. The lowest BCUT2D eigenvalue weighted by Gasteiger charge is -2.23. The molecule has 0 spiro atoms. The number of ether oxygens (including phenoxy) is 1. The second kappa shape index (κ2) is 10.5. The summed E-state index contributed by atoms with van der Waals surface area (Å²) in [4.78, 5) is 12.8. The zero-order valence-electron chi connectivity index (χ0n) is 19.1. The van der Waals surface area contributed by atoms with Crippen LogP contribution in [0.15, 0.2) is 71.6 Å². The predicted molar refractivity (Wildman–Crippen MR) is 124 cm³/mol. The Hall–Kier alpha value is -3.51. The molecule has 0 aromatic heterocycles. The number of nitrogens with one attached hydrogen (secondary N) is 1. The van der Waals surface area contributed by atoms with Crippen LogP contribution in [0.4, 0.5) is 22.0 Å². The number of benzene rings is 3. The van der Waals surface area contributed by atoms with Gasteiger partial charge in [0.2, 0.25) is 15.9 Å². The number of hydrogen-bond donors (Lipinski definition) is 1. The lowest BCUT2D eigenvalue weighted by Crippen LogP contribution is -2.45. The lowest BCUT2D eigenvalue weighted by molar-refractivity contribution is -0.275. The Balaban J connectivity index is 1.44. The van der Waals surface area contributed by atoms with E-state index in [4.69, 9.17) is 0 Å². The molecule has 1 fully saturated rings. The number of nitrogens with zero attached hydrogens (tertiary/aromatic N) is 1. The van der Waals surface area contributed by atoms with Gasteiger partial charge in [-0.15, -0.1) is 13.2 Å². The molecule has 1 aliphatic heterocycles. The summed E-state index contributed by atoms with van der Waals surface area (Å²) in [6.07, 6.45) is -4.22. The van der Waals surface area contributed by atoms with Gasteiger partial charge in [0.1, 0.15) is 11.9 Å². The van der Waals surface area contributed by atoms with Crippen LogP contribution in [0.3, 0.4) is 0 Å². The molecule has 3 aromatic carbocycles. The average Bonchev–Trinajstić information content (AvgIpc) is 3.35. The highest BCUT2D eigenvalue weighted by atomic mass is 32.2. The molecule has 1 saturated heterocycles. The predicted octanol–water partition coefficient (Wildman–Crippen LogP) is 5.00. The first kappa shape index (κ1) is 26.6. The Kier molecular flexibility index (Phi) is 7.51. The SMILES string of the molecule is O=C(NCc1cccc(-c2ccc(OC(F)(F)F)c(F)c2)c1)C1CCCN1S(=O)(=O)c1ccc(F)cc1. The van der Waals surface area contributed by atoms with E-state index in [1.807, 2.05) is 0 Å². The summed E-state index contributed by atoms with van der Waals surface area (Å²) in [5.41, 5.74) is 1.39. The van der Waals surface area contributed by atoms with E-state index in [1.165, 1.54) is 6.07 Å². The smallest absolute Gasteiger partial charge is 0.403 e. The first-order chi connectivity index (χ1) is 17.4. The molecule has 1 unspecified atom stereocenters. The maximum absolute atomic E-state index is 14.1. The molecule has 0 radical (unpaired) electrons. The molecule has 0 aliphatic carbocycles. The molecule has 1 aliphatic rings. The van der Waals surface area contributed by atoms with E-state index in [9.17, 15) is 35.2 Å². The molecule has 1 heterocycles. The van der Waals surface area contributed by atoms with Crippen molar-refractivity contribution in [3.8, 4) is 16.9 Å². The molecular weight excluding hydrogens is 519 g/mol. The van der Waals surface area contributed by atoms with Gasteiger partial charge < -0.3 is 10.1 Å². The molecular formula is C25H21F5N2O4S. The van der Waals surface area contributed by atoms with Gasteiger partial charge in [0.25, 0.3) is 0 Å². The number of rotatable bonds is 7. The zero-order valence-corrected chi connectivity index (χ0v) is 20.0. The van der Waals surface area contributed by atoms with Crippen LogP contribution in [0.1, 0.15) is 18.4 Å². The maximum Gasteiger partial charge on any atom is 0.573 e. The van der Waals surface area contributed by atoms with Gasteiger partial charge in [-0.3, -0.25) is 4.79 Å². The second-order valence-corrected chi connectivity index (χ2v) is 10.2. The molecule has 1 atom stereocenters. The van der Waals surface area contributed by atoms with Crippen LogP contribution in [0.2, 0.25) is 0 Å². The van der Waals surface area contributed by atoms with Gasteiger partial charge in [-0.1, -0.05) is 24.3 Å². The number of hydrogen-bond acceptors (Lipinski definition) is 4. The Morgan fingerprint density at radius 1 is 1.00 bits per heavy atom. The number of carbonyl (C=O) groups is 1. The minimum Gasteiger partial charge on any atom is -0.403 e. The normalized spacial score (nSPS) is 16.5. The van der Waals surface area contributed by atoms with Crippen LogP contribution in [0, 0.1) is 11.6 Å². The van der Waals surface area contributed by atoms with Gasteiger partial charge in [-0.2, -0.15) is 4.31 Å². The summed E-state index contributed by atoms with van der Waals surface area (Å²) in [6.45, 7) is 0.179.